The van der Waals surface area contributed by atoms with Gasteiger partial charge in [0, 0.05) is 87.5 Å². The molecule has 102 heavy (non-hydrogen) atoms. The van der Waals surface area contributed by atoms with Crippen LogP contribution in [0.5, 0.6) is 0 Å². The highest BCUT2D eigenvalue weighted by molar-refractivity contribution is 8.77. The van der Waals surface area contributed by atoms with Gasteiger partial charge in [-0.1, -0.05) is 325 Å². The van der Waals surface area contributed by atoms with E-state index in [4.69, 9.17) is 0 Å². The molecule has 6 atom stereocenters. The van der Waals surface area contributed by atoms with E-state index in [1.807, 2.05) is 21.6 Å². The lowest BCUT2D eigenvalue weighted by atomic mass is 10.1. The highest BCUT2D eigenvalue weighted by atomic mass is 33.1. The predicted molar refractivity (Wildman–Crippen MR) is 467 cm³/mol. The summed E-state index contributed by atoms with van der Waals surface area (Å²) in [7, 11) is 8.19. The molecule has 1 aliphatic rings. The van der Waals surface area contributed by atoms with Crippen LogP contribution in [-0.2, 0) is 0 Å². The van der Waals surface area contributed by atoms with Crippen molar-refractivity contribution in [3.05, 3.63) is 48.6 Å². The van der Waals surface area contributed by atoms with Crippen molar-refractivity contribution in [3.8, 4) is 0 Å². The Bertz CT molecular complexity index is 1560. The highest BCUT2D eigenvalue weighted by Crippen LogP contribution is 2.27. The Morgan fingerprint density at radius 1 is 0.275 bits per heavy atom. The van der Waals surface area contributed by atoms with Crippen LogP contribution in [0, 0.1) is 0 Å². The highest BCUT2D eigenvalue weighted by Gasteiger charge is 2.28. The Hall–Kier alpha value is 0.0400. The Labute approximate surface area is 653 Å². The molecule has 12 heteroatoms. The fourth-order valence-electron chi connectivity index (χ4n) is 14.6. The van der Waals surface area contributed by atoms with Gasteiger partial charge in [-0.2, -0.15) is 0 Å². The van der Waals surface area contributed by atoms with Crippen molar-refractivity contribution in [2.75, 3.05) is 88.5 Å². The summed E-state index contributed by atoms with van der Waals surface area (Å²) in [6, 6.07) is 1.15. The van der Waals surface area contributed by atoms with Gasteiger partial charge in [-0.25, -0.2) is 0 Å². The molecule has 0 amide bonds. The van der Waals surface area contributed by atoms with Gasteiger partial charge in [0.2, 0.25) is 0 Å². The van der Waals surface area contributed by atoms with Crippen LogP contribution in [0.1, 0.15) is 401 Å². The Morgan fingerprint density at radius 2 is 0.480 bits per heavy atom. The maximum atomic E-state index is 11.3. The summed E-state index contributed by atoms with van der Waals surface area (Å²) in [6.07, 6.45) is 87.7. The second kappa shape index (κ2) is 80.6. The van der Waals surface area contributed by atoms with E-state index in [9.17, 15) is 20.4 Å². The van der Waals surface area contributed by atoms with E-state index >= 15 is 0 Å². The van der Waals surface area contributed by atoms with Crippen LogP contribution in [0.4, 0.5) is 0 Å². The first-order chi connectivity index (χ1) is 50.1. The molecule has 1 fully saturated rings. The van der Waals surface area contributed by atoms with Gasteiger partial charge in [-0.3, -0.25) is 19.6 Å². The molecule has 604 valence electrons. The van der Waals surface area contributed by atoms with Crippen LogP contribution >= 0.6 is 43.2 Å². The van der Waals surface area contributed by atoms with Crippen molar-refractivity contribution < 1.29 is 20.4 Å². The lowest BCUT2D eigenvalue weighted by molar-refractivity contribution is 0.0516. The molecule has 0 aromatic heterocycles. The first kappa shape index (κ1) is 100. The lowest BCUT2D eigenvalue weighted by Gasteiger charge is -2.44. The second-order valence-electron chi connectivity index (χ2n) is 31.6. The average Bonchev–Trinajstić information content (AvgIpc) is 0.851. The van der Waals surface area contributed by atoms with Gasteiger partial charge in [0.05, 0.1) is 24.4 Å². The van der Waals surface area contributed by atoms with E-state index in [1.54, 1.807) is 0 Å². The molecule has 8 nitrogen and oxygen atoms in total. The standard InChI is InChI=1S/C90H176N4O4S4/c1-7-11-15-19-23-27-31-35-39-43-47-51-55-59-67-87(95)81-91(82-88(96)68-60-56-52-48-44-40-36-32-28-24-20-16-12-8-2)71-63-65-75-99-101-77-73-93-79-86(6)94(80-85(93)5)74-78-102-100-76-66-64-72-92(83-89(97)69-61-57-53-49-45-41-37-33-29-25-21-17-13-9-3)84-90(98)70-62-58-54-50-46-42-38-34-30-26-22-18-14-10-4/h35-42,85-90,95-98H,7-34,43-84H2,1-6H3/b39-35-,40-36-,41-37-,42-38-. The quantitative estimate of drug-likeness (QED) is 0.0265. The topological polar surface area (TPSA) is 93.9 Å². The summed E-state index contributed by atoms with van der Waals surface area (Å²) in [4.78, 5) is 10.3. The molecule has 0 aromatic carbocycles. The molecular formula is C90H176N4O4S4. The molecule has 0 aliphatic carbocycles. The molecule has 1 saturated heterocycles. The Morgan fingerprint density at radius 3 is 0.716 bits per heavy atom. The zero-order chi connectivity index (χ0) is 73.8. The van der Waals surface area contributed by atoms with Crippen molar-refractivity contribution in [1.82, 2.24) is 19.6 Å². The van der Waals surface area contributed by atoms with Crippen molar-refractivity contribution in [2.45, 2.75) is 438 Å². The van der Waals surface area contributed by atoms with Crippen LogP contribution in [0.25, 0.3) is 0 Å². The Balaban J connectivity index is 2.47. The third-order valence-corrected chi connectivity index (χ3v) is 26.3. The molecular weight excluding hydrogens is 1330 g/mol. The molecule has 0 radical (unpaired) electrons. The lowest BCUT2D eigenvalue weighted by Crippen LogP contribution is -2.57. The van der Waals surface area contributed by atoms with E-state index in [0.717, 1.165) is 115 Å². The number of hydrogen-bond donors (Lipinski definition) is 4. The average molecular weight is 1510 g/mol. The van der Waals surface area contributed by atoms with E-state index in [-0.39, 0.29) is 24.4 Å². The maximum absolute atomic E-state index is 11.3. The predicted octanol–water partition coefficient (Wildman–Crippen LogP) is 26.3. The van der Waals surface area contributed by atoms with Crippen molar-refractivity contribution in [2.24, 2.45) is 0 Å². The molecule has 1 rings (SSSR count). The van der Waals surface area contributed by atoms with E-state index in [1.165, 1.54) is 307 Å². The summed E-state index contributed by atoms with van der Waals surface area (Å²) in [5.74, 6) is 4.65. The third-order valence-electron chi connectivity index (χ3n) is 21.3. The monoisotopic (exact) mass is 1510 g/mol. The summed E-state index contributed by atoms with van der Waals surface area (Å²) >= 11 is 0. The molecule has 0 saturated carbocycles. The number of rotatable bonds is 82. The summed E-state index contributed by atoms with van der Waals surface area (Å²) in [5.41, 5.74) is 0. The number of piperazine rings is 1. The third kappa shape index (κ3) is 70.4. The van der Waals surface area contributed by atoms with Crippen molar-refractivity contribution >= 4 is 43.2 Å². The summed E-state index contributed by atoms with van der Waals surface area (Å²) < 4.78 is 0. The van der Waals surface area contributed by atoms with Crippen LogP contribution in [0.15, 0.2) is 48.6 Å². The molecule has 0 aromatic rings. The van der Waals surface area contributed by atoms with Gasteiger partial charge in [0.1, 0.15) is 0 Å². The second-order valence-corrected chi connectivity index (χ2v) is 37.0. The van der Waals surface area contributed by atoms with Gasteiger partial charge < -0.3 is 20.4 Å². The van der Waals surface area contributed by atoms with Crippen molar-refractivity contribution in [1.29, 1.82) is 0 Å². The number of nitrogens with zero attached hydrogens (tertiary/aromatic N) is 4. The molecule has 1 heterocycles. The van der Waals surface area contributed by atoms with Crippen LogP contribution in [0.3, 0.4) is 0 Å². The Kier molecular flexibility index (Phi) is 79.0. The maximum Gasteiger partial charge on any atom is 0.0667 e. The zero-order valence-electron chi connectivity index (χ0n) is 68.8. The number of aliphatic hydroxyl groups is 4. The molecule has 1 aliphatic heterocycles. The summed E-state index contributed by atoms with van der Waals surface area (Å²) in [5, 5.41) is 45.0. The van der Waals surface area contributed by atoms with E-state index in [0.29, 0.717) is 38.3 Å². The number of allylic oxidation sites excluding steroid dienone is 8. The fraction of sp³-hybridized carbons (Fsp3) is 0.911. The van der Waals surface area contributed by atoms with Crippen LogP contribution < -0.4 is 0 Å². The van der Waals surface area contributed by atoms with E-state index in [2.05, 4.69) is 131 Å². The van der Waals surface area contributed by atoms with Gasteiger partial charge in [0.15, 0.2) is 0 Å². The van der Waals surface area contributed by atoms with Crippen LogP contribution in [0.2, 0.25) is 0 Å². The zero-order valence-corrected chi connectivity index (χ0v) is 72.1. The number of hydrogen-bond acceptors (Lipinski definition) is 12. The first-order valence-corrected chi connectivity index (χ1v) is 49.8. The van der Waals surface area contributed by atoms with E-state index < -0.39 is 0 Å². The first-order valence-electron chi connectivity index (χ1n) is 44.9. The van der Waals surface area contributed by atoms with Gasteiger partial charge >= 0.3 is 0 Å². The van der Waals surface area contributed by atoms with Gasteiger partial charge in [-0.15, -0.1) is 0 Å². The normalized spacial score (nSPS) is 16.3. The minimum absolute atomic E-state index is 0.318. The smallest absolute Gasteiger partial charge is 0.0667 e. The molecule has 0 spiro atoms. The molecule has 6 unspecified atom stereocenters. The SMILES string of the molecule is CCCCCCCC/C=C\CCCCCCC(O)CN(CCCCSSCCN1CC(C)N(CCSSCCCCN(CC(O)CCCCCC/C=C\CCCCCCCC)CC(O)CCCCCC/C=C\CCCCCCCC)CC1C)CC(O)CCCCCC/C=C\CCCCCCCC. The molecule has 4 N–H and O–H groups in total. The fourth-order valence-corrected chi connectivity index (χ4v) is 18.9. The number of aliphatic hydroxyl groups excluding tert-OH is 4. The summed E-state index contributed by atoms with van der Waals surface area (Å²) in [6.45, 7) is 23.3. The minimum Gasteiger partial charge on any atom is -0.392 e. The minimum atomic E-state index is -0.318. The number of unbranched alkanes of at least 4 members (excludes halogenated alkanes) is 42. The van der Waals surface area contributed by atoms with Gasteiger partial charge in [-0.05, 0) is 181 Å². The molecule has 0 bridgehead atoms. The van der Waals surface area contributed by atoms with Gasteiger partial charge in [0.25, 0.3) is 0 Å². The largest absolute Gasteiger partial charge is 0.392 e. The van der Waals surface area contributed by atoms with Crippen molar-refractivity contribution in [3.63, 3.8) is 0 Å². The van der Waals surface area contributed by atoms with Crippen LogP contribution in [-0.4, -0.2) is 165 Å².